The fourth-order valence-electron chi connectivity index (χ4n) is 0.997. The predicted octanol–water partition coefficient (Wildman–Crippen LogP) is -0.539. The molecule has 0 atom stereocenters. The number of nitrogens with zero attached hydrogens (tertiary/aromatic N) is 1. The Labute approximate surface area is 98.5 Å². The zero-order valence-corrected chi connectivity index (χ0v) is 9.68. The van der Waals surface area contributed by atoms with E-state index in [1.807, 2.05) is 0 Å². The molecule has 0 saturated carbocycles. The highest BCUT2D eigenvalue weighted by atomic mass is 32.2. The Morgan fingerprint density at radius 3 is 2.88 bits per heavy atom. The van der Waals surface area contributed by atoms with Crippen LogP contribution in [0.25, 0.3) is 0 Å². The van der Waals surface area contributed by atoms with E-state index in [0.29, 0.717) is 0 Å². The first-order valence-corrected chi connectivity index (χ1v) is 6.20. The van der Waals surface area contributed by atoms with Gasteiger partial charge in [-0.05, 0) is 12.1 Å². The highest BCUT2D eigenvalue weighted by Gasteiger charge is 2.12. The minimum Gasteiger partial charge on any atom is -0.480 e. The molecule has 0 amide bonds. The first-order chi connectivity index (χ1) is 8.02. The van der Waals surface area contributed by atoms with Gasteiger partial charge in [0.2, 0.25) is 10.0 Å². The number of carboxylic acid groups (broad SMARTS) is 1. The van der Waals surface area contributed by atoms with Gasteiger partial charge in [-0.15, -0.1) is 0 Å². The lowest BCUT2D eigenvalue weighted by Gasteiger charge is -2.05. The van der Waals surface area contributed by atoms with Crippen LogP contribution in [0.1, 0.15) is 0 Å². The maximum absolute atomic E-state index is 11.6. The average molecular weight is 260 g/mol. The summed E-state index contributed by atoms with van der Waals surface area (Å²) >= 11 is 0. The largest absolute Gasteiger partial charge is 0.480 e. The van der Waals surface area contributed by atoms with Gasteiger partial charge in [0, 0.05) is 18.9 Å². The average Bonchev–Trinajstić information content (AvgIpc) is 2.29. The number of hydrogen-bond acceptors (Lipinski definition) is 5. The van der Waals surface area contributed by atoms with E-state index in [1.165, 1.54) is 24.5 Å². The summed E-state index contributed by atoms with van der Waals surface area (Å²) in [6, 6.07) is 2.92. The second-order valence-electron chi connectivity index (χ2n) is 3.03. The van der Waals surface area contributed by atoms with E-state index in [2.05, 4.69) is 14.4 Å². The highest BCUT2D eigenvalue weighted by Crippen LogP contribution is 2.04. The molecule has 1 aromatic rings. The second-order valence-corrected chi connectivity index (χ2v) is 4.80. The van der Waals surface area contributed by atoms with Crippen LogP contribution in [0.5, 0.6) is 0 Å². The fourth-order valence-corrected chi connectivity index (χ4v) is 1.97. The van der Waals surface area contributed by atoms with E-state index in [1.54, 1.807) is 0 Å². The number of aromatic nitrogens is 1. The number of carboxylic acids is 1. The Morgan fingerprint density at radius 2 is 2.29 bits per heavy atom. The van der Waals surface area contributed by atoms with Crippen LogP contribution in [-0.4, -0.2) is 44.2 Å². The number of sulfonamides is 1. The summed E-state index contributed by atoms with van der Waals surface area (Å²) in [6.45, 7) is -0.453. The van der Waals surface area contributed by atoms with E-state index in [4.69, 9.17) is 5.11 Å². The zero-order chi connectivity index (χ0) is 12.7. The number of nitrogens with one attached hydrogen (secondary N) is 1. The summed E-state index contributed by atoms with van der Waals surface area (Å²) in [7, 11) is -3.60. The maximum Gasteiger partial charge on any atom is 0.329 e. The maximum atomic E-state index is 11.6. The van der Waals surface area contributed by atoms with Gasteiger partial charge in [-0.2, -0.15) is 0 Å². The number of aliphatic carboxylic acids is 1. The van der Waals surface area contributed by atoms with Crippen molar-refractivity contribution in [3.05, 3.63) is 24.5 Å². The monoisotopic (exact) mass is 260 g/mol. The van der Waals surface area contributed by atoms with Crippen LogP contribution in [0.2, 0.25) is 0 Å². The van der Waals surface area contributed by atoms with Crippen molar-refractivity contribution in [2.75, 3.05) is 19.8 Å². The molecule has 17 heavy (non-hydrogen) atoms. The molecule has 0 bridgehead atoms. The first kappa shape index (κ1) is 13.6. The molecule has 1 aromatic heterocycles. The zero-order valence-electron chi connectivity index (χ0n) is 8.87. The molecule has 0 unspecified atom stereocenters. The van der Waals surface area contributed by atoms with Gasteiger partial charge < -0.3 is 9.84 Å². The van der Waals surface area contributed by atoms with Crippen LogP contribution in [0.15, 0.2) is 29.4 Å². The molecule has 1 rings (SSSR count). The summed E-state index contributed by atoms with van der Waals surface area (Å²) in [4.78, 5) is 13.9. The molecule has 94 valence electrons. The van der Waals surface area contributed by atoms with E-state index >= 15 is 0 Å². The molecule has 0 aliphatic carbocycles. The molecule has 0 aliphatic rings. The van der Waals surface area contributed by atoms with Gasteiger partial charge in [-0.3, -0.25) is 4.98 Å². The first-order valence-electron chi connectivity index (χ1n) is 4.71. The van der Waals surface area contributed by atoms with Gasteiger partial charge in [-0.1, -0.05) is 0 Å². The van der Waals surface area contributed by atoms with Crippen molar-refractivity contribution in [2.24, 2.45) is 0 Å². The van der Waals surface area contributed by atoms with Gasteiger partial charge >= 0.3 is 5.97 Å². The van der Waals surface area contributed by atoms with Crippen LogP contribution in [0, 0.1) is 0 Å². The van der Waals surface area contributed by atoms with E-state index in [9.17, 15) is 13.2 Å². The molecule has 0 aliphatic heterocycles. The molecule has 0 fully saturated rings. The molecule has 0 aromatic carbocycles. The predicted molar refractivity (Wildman–Crippen MR) is 57.9 cm³/mol. The van der Waals surface area contributed by atoms with Crippen molar-refractivity contribution in [3.63, 3.8) is 0 Å². The van der Waals surface area contributed by atoms with Gasteiger partial charge in [0.1, 0.15) is 11.5 Å². The molecule has 1 heterocycles. The third-order valence-electron chi connectivity index (χ3n) is 1.71. The molecule has 8 heteroatoms. The fraction of sp³-hybridized carbons (Fsp3) is 0.333. The van der Waals surface area contributed by atoms with Crippen molar-refractivity contribution in [3.8, 4) is 0 Å². The Kier molecular flexibility index (Phi) is 5.01. The highest BCUT2D eigenvalue weighted by molar-refractivity contribution is 7.89. The minimum absolute atomic E-state index is 0.00447. The van der Waals surface area contributed by atoms with E-state index in [0.717, 1.165) is 0 Å². The lowest BCUT2D eigenvalue weighted by molar-refractivity contribution is -0.142. The smallest absolute Gasteiger partial charge is 0.329 e. The van der Waals surface area contributed by atoms with Crippen LogP contribution < -0.4 is 4.72 Å². The summed E-state index contributed by atoms with van der Waals surface area (Å²) in [5.41, 5.74) is 0. The van der Waals surface area contributed by atoms with Crippen molar-refractivity contribution in [1.82, 2.24) is 9.71 Å². The standard InChI is InChI=1S/C9H12N2O5S/c12-9(13)7-16-5-4-11-17(14,15)8-2-1-3-10-6-8/h1-3,6,11H,4-5,7H2,(H,12,13). The van der Waals surface area contributed by atoms with E-state index in [-0.39, 0.29) is 18.0 Å². The number of ether oxygens (including phenoxy) is 1. The molecular weight excluding hydrogens is 248 g/mol. The third kappa shape index (κ3) is 4.89. The number of carbonyl (C=O) groups is 1. The van der Waals surface area contributed by atoms with Gasteiger partial charge in [0.15, 0.2) is 0 Å². The van der Waals surface area contributed by atoms with Crippen molar-refractivity contribution in [2.45, 2.75) is 4.90 Å². The summed E-state index contributed by atoms with van der Waals surface area (Å²) in [6.07, 6.45) is 2.69. The Bertz CT molecular complexity index is 460. The van der Waals surface area contributed by atoms with Crippen LogP contribution in [-0.2, 0) is 19.6 Å². The molecule has 7 nitrogen and oxygen atoms in total. The van der Waals surface area contributed by atoms with Gasteiger partial charge in [0.05, 0.1) is 6.61 Å². The third-order valence-corrected chi connectivity index (χ3v) is 3.15. The summed E-state index contributed by atoms with van der Waals surface area (Å²) in [5, 5.41) is 8.28. The van der Waals surface area contributed by atoms with Crippen molar-refractivity contribution < 1.29 is 23.1 Å². The van der Waals surface area contributed by atoms with Crippen LogP contribution >= 0.6 is 0 Å². The minimum atomic E-state index is -3.60. The molecule has 0 spiro atoms. The lowest BCUT2D eigenvalue weighted by atomic mass is 10.5. The second kappa shape index (κ2) is 6.28. The van der Waals surface area contributed by atoms with E-state index < -0.39 is 22.6 Å². The molecule has 0 saturated heterocycles. The Hall–Kier alpha value is -1.51. The normalized spacial score (nSPS) is 11.3. The topological polar surface area (TPSA) is 106 Å². The number of hydrogen-bond donors (Lipinski definition) is 2. The van der Waals surface area contributed by atoms with Gasteiger partial charge in [0.25, 0.3) is 0 Å². The van der Waals surface area contributed by atoms with Gasteiger partial charge in [-0.25, -0.2) is 17.9 Å². The molecule has 2 N–H and O–H groups in total. The summed E-state index contributed by atoms with van der Waals surface area (Å²) in [5.74, 6) is -1.10. The number of rotatable bonds is 7. The quantitative estimate of drug-likeness (QED) is 0.638. The van der Waals surface area contributed by atoms with Crippen LogP contribution in [0.4, 0.5) is 0 Å². The Morgan fingerprint density at radius 1 is 1.53 bits per heavy atom. The molecule has 0 radical (unpaired) electrons. The summed E-state index contributed by atoms with van der Waals surface area (Å²) < 4.78 is 30.2. The molecular formula is C9H12N2O5S. The number of pyridine rings is 1. The van der Waals surface area contributed by atoms with Crippen molar-refractivity contribution >= 4 is 16.0 Å². The lowest BCUT2D eigenvalue weighted by Crippen LogP contribution is -2.28. The van der Waals surface area contributed by atoms with Crippen LogP contribution in [0.3, 0.4) is 0 Å². The Balaban J connectivity index is 2.39. The SMILES string of the molecule is O=C(O)COCCNS(=O)(=O)c1cccnc1. The van der Waals surface area contributed by atoms with Crippen molar-refractivity contribution in [1.29, 1.82) is 0 Å².